The van der Waals surface area contributed by atoms with Crippen LogP contribution in [-0.2, 0) is 11.0 Å². The number of carboxylic acids is 1. The Balaban J connectivity index is 1.80. The van der Waals surface area contributed by atoms with E-state index in [-0.39, 0.29) is 25.4 Å². The number of piperidine rings is 1. The number of carbonyl (C=O) groups excluding carboxylic acids is 1. The number of rotatable bonds is 5. The van der Waals surface area contributed by atoms with Gasteiger partial charge in [0, 0.05) is 13.1 Å². The van der Waals surface area contributed by atoms with Crippen molar-refractivity contribution in [2.24, 2.45) is 5.92 Å². The molecule has 6 nitrogen and oxygen atoms in total. The summed E-state index contributed by atoms with van der Waals surface area (Å²) in [6.45, 7) is 0.459. The molecular formula is C16H19F3N2O4. The SMILES string of the molecule is O=C(O)C1CCCN(C(=O)NCCOc2ccccc2C(F)(F)F)C1. The summed E-state index contributed by atoms with van der Waals surface area (Å²) < 4.78 is 43.6. The van der Waals surface area contributed by atoms with Gasteiger partial charge in [0.1, 0.15) is 12.4 Å². The van der Waals surface area contributed by atoms with E-state index in [9.17, 15) is 22.8 Å². The Kier molecular flexibility index (Phi) is 6.11. The first-order valence-corrected chi connectivity index (χ1v) is 7.83. The van der Waals surface area contributed by atoms with Gasteiger partial charge in [-0.2, -0.15) is 13.2 Å². The number of halogens is 3. The Morgan fingerprint density at radius 1 is 1.32 bits per heavy atom. The molecule has 0 bridgehead atoms. The average molecular weight is 360 g/mol. The minimum atomic E-state index is -4.51. The molecule has 2 amide bonds. The first-order chi connectivity index (χ1) is 11.8. The minimum absolute atomic E-state index is 0.0132. The van der Waals surface area contributed by atoms with Crippen molar-refractivity contribution in [3.63, 3.8) is 0 Å². The Bertz CT molecular complexity index is 622. The number of carbonyl (C=O) groups is 2. The van der Waals surface area contributed by atoms with Crippen LogP contribution in [0.2, 0.25) is 0 Å². The largest absolute Gasteiger partial charge is 0.491 e. The molecule has 138 valence electrons. The number of nitrogens with one attached hydrogen (secondary N) is 1. The third-order valence-electron chi connectivity index (χ3n) is 3.89. The lowest BCUT2D eigenvalue weighted by Crippen LogP contribution is -2.47. The second-order valence-corrected chi connectivity index (χ2v) is 5.70. The molecule has 0 aliphatic carbocycles. The molecule has 1 saturated heterocycles. The predicted molar refractivity (Wildman–Crippen MR) is 82.3 cm³/mol. The van der Waals surface area contributed by atoms with E-state index in [1.54, 1.807) is 0 Å². The van der Waals surface area contributed by atoms with Crippen LogP contribution < -0.4 is 10.1 Å². The molecule has 0 spiro atoms. The highest BCUT2D eigenvalue weighted by molar-refractivity contribution is 5.76. The number of benzene rings is 1. The molecule has 0 saturated carbocycles. The molecule has 1 aromatic carbocycles. The molecule has 1 aliphatic heterocycles. The molecule has 1 aliphatic rings. The van der Waals surface area contributed by atoms with Gasteiger partial charge >= 0.3 is 18.2 Å². The number of ether oxygens (including phenoxy) is 1. The van der Waals surface area contributed by atoms with Crippen LogP contribution in [0.15, 0.2) is 24.3 Å². The monoisotopic (exact) mass is 360 g/mol. The Morgan fingerprint density at radius 2 is 2.04 bits per heavy atom. The van der Waals surface area contributed by atoms with Gasteiger partial charge in [0.15, 0.2) is 0 Å². The van der Waals surface area contributed by atoms with E-state index in [0.717, 1.165) is 6.07 Å². The number of carboxylic acid groups (broad SMARTS) is 1. The van der Waals surface area contributed by atoms with Crippen LogP contribution >= 0.6 is 0 Å². The Hall–Kier alpha value is -2.45. The highest BCUT2D eigenvalue weighted by Crippen LogP contribution is 2.35. The van der Waals surface area contributed by atoms with E-state index in [4.69, 9.17) is 9.84 Å². The lowest BCUT2D eigenvalue weighted by molar-refractivity contribution is -0.143. The van der Waals surface area contributed by atoms with E-state index in [0.29, 0.717) is 19.4 Å². The quantitative estimate of drug-likeness (QED) is 0.791. The van der Waals surface area contributed by atoms with Gasteiger partial charge in [0.2, 0.25) is 0 Å². The first-order valence-electron chi connectivity index (χ1n) is 7.83. The minimum Gasteiger partial charge on any atom is -0.491 e. The number of amides is 2. The molecule has 9 heteroatoms. The normalized spacial score (nSPS) is 17.9. The number of hydrogen-bond acceptors (Lipinski definition) is 3. The van der Waals surface area contributed by atoms with Gasteiger partial charge < -0.3 is 20.1 Å². The molecular weight excluding hydrogens is 341 g/mol. The van der Waals surface area contributed by atoms with Crippen LogP contribution in [0.25, 0.3) is 0 Å². The summed E-state index contributed by atoms with van der Waals surface area (Å²) in [6.07, 6.45) is -3.39. The number of alkyl halides is 3. The summed E-state index contributed by atoms with van der Waals surface area (Å²) in [4.78, 5) is 24.4. The van der Waals surface area contributed by atoms with Crippen molar-refractivity contribution in [2.75, 3.05) is 26.2 Å². The van der Waals surface area contributed by atoms with Crippen molar-refractivity contribution in [3.8, 4) is 5.75 Å². The lowest BCUT2D eigenvalue weighted by atomic mass is 9.99. The highest BCUT2D eigenvalue weighted by Gasteiger charge is 2.34. The van der Waals surface area contributed by atoms with Gasteiger partial charge in [0.25, 0.3) is 0 Å². The van der Waals surface area contributed by atoms with E-state index < -0.39 is 29.7 Å². The maximum atomic E-state index is 12.8. The average Bonchev–Trinajstić information content (AvgIpc) is 2.58. The zero-order valence-electron chi connectivity index (χ0n) is 13.4. The second-order valence-electron chi connectivity index (χ2n) is 5.70. The van der Waals surface area contributed by atoms with Gasteiger partial charge in [0.05, 0.1) is 18.0 Å². The number of para-hydroxylation sites is 1. The molecule has 1 unspecified atom stereocenters. The summed E-state index contributed by atoms with van der Waals surface area (Å²) in [5.74, 6) is -1.83. The fraction of sp³-hybridized carbons (Fsp3) is 0.500. The van der Waals surface area contributed by atoms with Crippen LogP contribution in [0.5, 0.6) is 5.75 Å². The number of nitrogens with zero attached hydrogens (tertiary/aromatic N) is 1. The van der Waals surface area contributed by atoms with Crippen molar-refractivity contribution in [1.82, 2.24) is 10.2 Å². The topological polar surface area (TPSA) is 78.9 Å². The van der Waals surface area contributed by atoms with E-state index >= 15 is 0 Å². The molecule has 1 atom stereocenters. The van der Waals surface area contributed by atoms with Crippen LogP contribution in [0, 0.1) is 5.92 Å². The Labute approximate surface area is 142 Å². The predicted octanol–water partition coefficient (Wildman–Crippen LogP) is 2.59. The standard InChI is InChI=1S/C16H19F3N2O4/c17-16(18,19)12-5-1-2-6-13(12)25-9-7-20-15(24)21-8-3-4-11(10-21)14(22)23/h1-2,5-6,11H,3-4,7-10H2,(H,20,24)(H,22,23). The molecule has 0 aromatic heterocycles. The van der Waals surface area contributed by atoms with Gasteiger partial charge in [-0.3, -0.25) is 4.79 Å². The summed E-state index contributed by atoms with van der Waals surface area (Å²) in [7, 11) is 0. The van der Waals surface area contributed by atoms with Gasteiger partial charge in [-0.15, -0.1) is 0 Å². The van der Waals surface area contributed by atoms with E-state index in [1.165, 1.54) is 23.1 Å². The third kappa shape index (κ3) is 5.27. The highest BCUT2D eigenvalue weighted by atomic mass is 19.4. The van der Waals surface area contributed by atoms with Crippen molar-refractivity contribution in [3.05, 3.63) is 29.8 Å². The van der Waals surface area contributed by atoms with Crippen LogP contribution in [0.3, 0.4) is 0 Å². The van der Waals surface area contributed by atoms with Crippen LogP contribution in [0.1, 0.15) is 18.4 Å². The number of hydrogen-bond donors (Lipinski definition) is 2. The summed E-state index contributed by atoms with van der Waals surface area (Å²) in [6, 6.07) is 4.40. The number of urea groups is 1. The van der Waals surface area contributed by atoms with Gasteiger partial charge in [-0.25, -0.2) is 4.79 Å². The van der Waals surface area contributed by atoms with E-state index in [2.05, 4.69) is 5.32 Å². The summed E-state index contributed by atoms with van der Waals surface area (Å²) >= 11 is 0. The molecule has 1 heterocycles. The van der Waals surface area contributed by atoms with Crippen molar-refractivity contribution in [1.29, 1.82) is 0 Å². The van der Waals surface area contributed by atoms with Gasteiger partial charge in [-0.05, 0) is 25.0 Å². The fourth-order valence-corrected chi connectivity index (χ4v) is 2.62. The zero-order valence-corrected chi connectivity index (χ0v) is 13.4. The van der Waals surface area contributed by atoms with Crippen LogP contribution in [-0.4, -0.2) is 48.2 Å². The molecule has 2 N–H and O–H groups in total. The van der Waals surface area contributed by atoms with Crippen molar-refractivity contribution in [2.45, 2.75) is 19.0 Å². The van der Waals surface area contributed by atoms with E-state index in [1.807, 2.05) is 0 Å². The second kappa shape index (κ2) is 8.09. The summed E-state index contributed by atoms with van der Waals surface area (Å²) in [5, 5.41) is 11.5. The van der Waals surface area contributed by atoms with Crippen LogP contribution in [0.4, 0.5) is 18.0 Å². The lowest BCUT2D eigenvalue weighted by Gasteiger charge is -2.30. The number of likely N-dealkylation sites (tertiary alicyclic amines) is 1. The fourth-order valence-electron chi connectivity index (χ4n) is 2.62. The molecule has 2 rings (SSSR count). The maximum absolute atomic E-state index is 12.8. The zero-order chi connectivity index (χ0) is 18.4. The first kappa shape index (κ1) is 18.9. The molecule has 1 aromatic rings. The smallest absolute Gasteiger partial charge is 0.419 e. The summed E-state index contributed by atoms with van der Waals surface area (Å²) in [5.41, 5.74) is -0.873. The third-order valence-corrected chi connectivity index (χ3v) is 3.89. The molecule has 1 fully saturated rings. The van der Waals surface area contributed by atoms with Gasteiger partial charge in [-0.1, -0.05) is 12.1 Å². The maximum Gasteiger partial charge on any atom is 0.419 e. The Morgan fingerprint density at radius 3 is 2.72 bits per heavy atom. The molecule has 0 radical (unpaired) electrons. The number of aliphatic carboxylic acids is 1. The van der Waals surface area contributed by atoms with Crippen molar-refractivity contribution < 1.29 is 32.6 Å². The van der Waals surface area contributed by atoms with Crippen molar-refractivity contribution >= 4 is 12.0 Å². The molecule has 25 heavy (non-hydrogen) atoms.